The number of hydrogen-bond donors (Lipinski definition) is 1. The van der Waals surface area contributed by atoms with Crippen LogP contribution in [0.25, 0.3) is 22.3 Å². The molecule has 0 N–H and O–H groups in total. The van der Waals surface area contributed by atoms with Gasteiger partial charge in [0.25, 0.3) is 0 Å². The average molecular weight is 432 g/mol. The van der Waals surface area contributed by atoms with Crippen molar-refractivity contribution in [3.63, 3.8) is 0 Å². The predicted octanol–water partition coefficient (Wildman–Crippen LogP) is 4.16. The lowest BCUT2D eigenvalue weighted by Gasteiger charge is -2.14. The van der Waals surface area contributed by atoms with Crippen LogP contribution in [-0.4, -0.2) is 36.9 Å². The SMILES string of the molecule is COc1cc(OC)cc(-c2cc([SH](=O)=O)cc(-c3cc(OC)cc(OC)c3)c2F)c1. The average Bonchev–Trinajstić information content (AvgIpc) is 2.78. The van der Waals surface area contributed by atoms with E-state index in [9.17, 15) is 8.42 Å². The summed E-state index contributed by atoms with van der Waals surface area (Å²) in [5, 5.41) is 0. The van der Waals surface area contributed by atoms with E-state index in [1.165, 1.54) is 40.6 Å². The van der Waals surface area contributed by atoms with Crippen molar-refractivity contribution in [1.29, 1.82) is 0 Å². The summed E-state index contributed by atoms with van der Waals surface area (Å²) in [5.74, 6) is 1.20. The minimum atomic E-state index is -2.96. The first-order valence-corrected chi connectivity index (χ1v) is 10.0. The smallest absolute Gasteiger partial charge is 0.168 e. The highest BCUT2D eigenvalue weighted by atomic mass is 32.2. The molecule has 30 heavy (non-hydrogen) atoms. The maximum Gasteiger partial charge on any atom is 0.168 e. The Morgan fingerprint density at radius 2 is 0.933 bits per heavy atom. The van der Waals surface area contributed by atoms with E-state index in [1.54, 1.807) is 36.4 Å². The third-order valence-electron chi connectivity index (χ3n) is 4.59. The molecular formula is C22H21FO6S. The molecule has 0 fully saturated rings. The fraction of sp³-hybridized carbons (Fsp3) is 0.182. The predicted molar refractivity (Wildman–Crippen MR) is 112 cm³/mol. The molecule has 0 saturated heterocycles. The van der Waals surface area contributed by atoms with Gasteiger partial charge in [-0.3, -0.25) is 0 Å². The molecule has 0 saturated carbocycles. The molecule has 6 nitrogen and oxygen atoms in total. The third-order valence-corrected chi connectivity index (χ3v) is 5.27. The second-order valence-corrected chi connectivity index (χ2v) is 7.35. The van der Waals surface area contributed by atoms with Crippen molar-refractivity contribution in [3.05, 3.63) is 54.3 Å². The quantitative estimate of drug-likeness (QED) is 0.565. The van der Waals surface area contributed by atoms with Crippen LogP contribution in [0.3, 0.4) is 0 Å². The number of thiol groups is 1. The Labute approximate surface area is 175 Å². The summed E-state index contributed by atoms with van der Waals surface area (Å²) in [6, 6.07) is 12.3. The molecule has 0 bridgehead atoms. The van der Waals surface area contributed by atoms with E-state index in [-0.39, 0.29) is 16.0 Å². The summed E-state index contributed by atoms with van der Waals surface area (Å²) in [6.45, 7) is 0. The highest BCUT2D eigenvalue weighted by Gasteiger charge is 2.18. The fourth-order valence-corrected chi connectivity index (χ4v) is 3.53. The van der Waals surface area contributed by atoms with Gasteiger partial charge in [-0.05, 0) is 47.5 Å². The minimum Gasteiger partial charge on any atom is -0.497 e. The van der Waals surface area contributed by atoms with E-state index in [0.717, 1.165) is 0 Å². The Balaban J connectivity index is 2.32. The molecule has 0 aromatic heterocycles. The highest BCUT2D eigenvalue weighted by Crippen LogP contribution is 2.38. The van der Waals surface area contributed by atoms with Crippen LogP contribution in [0.2, 0.25) is 0 Å². The second-order valence-electron chi connectivity index (χ2n) is 6.31. The molecule has 0 heterocycles. The first kappa shape index (κ1) is 21.4. The van der Waals surface area contributed by atoms with Gasteiger partial charge in [0.2, 0.25) is 0 Å². The second kappa shape index (κ2) is 9.04. The summed E-state index contributed by atoms with van der Waals surface area (Å²) in [6.07, 6.45) is 0. The van der Waals surface area contributed by atoms with Crippen molar-refractivity contribution < 1.29 is 31.8 Å². The van der Waals surface area contributed by atoms with Gasteiger partial charge in [-0.25, -0.2) is 12.8 Å². The molecule has 158 valence electrons. The largest absolute Gasteiger partial charge is 0.497 e. The van der Waals surface area contributed by atoms with Crippen LogP contribution in [0.5, 0.6) is 23.0 Å². The summed E-state index contributed by atoms with van der Waals surface area (Å²) in [4.78, 5) is -0.0278. The summed E-state index contributed by atoms with van der Waals surface area (Å²) >= 11 is 0. The molecule has 3 aromatic carbocycles. The van der Waals surface area contributed by atoms with E-state index in [0.29, 0.717) is 34.1 Å². The Hall–Kier alpha value is -3.26. The van der Waals surface area contributed by atoms with Crippen LogP contribution in [0.1, 0.15) is 0 Å². The lowest BCUT2D eigenvalue weighted by Crippen LogP contribution is -1.96. The Morgan fingerprint density at radius 1 is 0.600 bits per heavy atom. The van der Waals surface area contributed by atoms with Crippen LogP contribution in [0, 0.1) is 5.82 Å². The lowest BCUT2D eigenvalue weighted by molar-refractivity contribution is 0.394. The summed E-state index contributed by atoms with van der Waals surface area (Å²) in [5.41, 5.74) is 1.03. The monoisotopic (exact) mass is 432 g/mol. The topological polar surface area (TPSA) is 71.1 Å². The Bertz CT molecular complexity index is 1030. The van der Waals surface area contributed by atoms with Crippen molar-refractivity contribution in [2.24, 2.45) is 0 Å². The highest BCUT2D eigenvalue weighted by molar-refractivity contribution is 7.72. The van der Waals surface area contributed by atoms with Gasteiger partial charge in [0, 0.05) is 23.3 Å². The van der Waals surface area contributed by atoms with E-state index in [4.69, 9.17) is 18.9 Å². The van der Waals surface area contributed by atoms with Gasteiger partial charge >= 0.3 is 0 Å². The van der Waals surface area contributed by atoms with Gasteiger partial charge in [0.15, 0.2) is 10.7 Å². The van der Waals surface area contributed by atoms with Crippen LogP contribution in [-0.2, 0) is 10.7 Å². The van der Waals surface area contributed by atoms with Crippen molar-refractivity contribution in [2.45, 2.75) is 4.90 Å². The van der Waals surface area contributed by atoms with Crippen LogP contribution < -0.4 is 18.9 Å². The zero-order chi connectivity index (χ0) is 21.8. The zero-order valence-electron chi connectivity index (χ0n) is 16.9. The molecular weight excluding hydrogens is 411 g/mol. The molecule has 0 spiro atoms. The lowest BCUT2D eigenvalue weighted by atomic mass is 9.97. The van der Waals surface area contributed by atoms with E-state index < -0.39 is 16.5 Å². The third kappa shape index (κ3) is 4.33. The summed E-state index contributed by atoms with van der Waals surface area (Å²) in [7, 11) is 2.96. The minimum absolute atomic E-state index is 0.0278. The zero-order valence-corrected chi connectivity index (χ0v) is 17.8. The molecule has 0 aliphatic carbocycles. The van der Waals surface area contributed by atoms with Gasteiger partial charge in [-0.1, -0.05) is 0 Å². The van der Waals surface area contributed by atoms with Crippen molar-refractivity contribution in [1.82, 2.24) is 0 Å². The van der Waals surface area contributed by atoms with Crippen molar-refractivity contribution in [3.8, 4) is 45.3 Å². The fourth-order valence-electron chi connectivity index (χ4n) is 3.06. The first-order chi connectivity index (χ1) is 14.4. The molecule has 0 aliphatic heterocycles. The molecule has 0 radical (unpaired) electrons. The molecule has 3 aromatic rings. The van der Waals surface area contributed by atoms with Crippen molar-refractivity contribution >= 4 is 10.7 Å². The molecule has 8 heteroatoms. The molecule has 0 aliphatic rings. The van der Waals surface area contributed by atoms with Crippen LogP contribution >= 0.6 is 0 Å². The normalized spacial score (nSPS) is 10.7. The maximum absolute atomic E-state index is 15.7. The number of benzene rings is 3. The Morgan fingerprint density at radius 3 is 1.20 bits per heavy atom. The molecule has 0 atom stereocenters. The van der Waals surface area contributed by atoms with Gasteiger partial charge in [0.05, 0.1) is 33.3 Å². The van der Waals surface area contributed by atoms with Crippen molar-refractivity contribution in [2.75, 3.05) is 28.4 Å². The van der Waals surface area contributed by atoms with Gasteiger partial charge in [-0.15, -0.1) is 0 Å². The van der Waals surface area contributed by atoms with E-state index in [1.807, 2.05) is 0 Å². The number of hydrogen-bond acceptors (Lipinski definition) is 6. The van der Waals surface area contributed by atoms with E-state index >= 15 is 4.39 Å². The van der Waals surface area contributed by atoms with Gasteiger partial charge < -0.3 is 18.9 Å². The maximum atomic E-state index is 15.7. The Kier molecular flexibility index (Phi) is 6.47. The van der Waals surface area contributed by atoms with Crippen LogP contribution in [0.4, 0.5) is 4.39 Å². The number of ether oxygens (including phenoxy) is 4. The number of halogens is 1. The first-order valence-electron chi connectivity index (χ1n) is 8.85. The molecule has 0 unspecified atom stereocenters. The molecule has 0 amide bonds. The van der Waals surface area contributed by atoms with E-state index in [2.05, 4.69) is 0 Å². The van der Waals surface area contributed by atoms with Gasteiger partial charge in [0.1, 0.15) is 28.8 Å². The van der Waals surface area contributed by atoms with Crippen LogP contribution in [0.15, 0.2) is 53.4 Å². The van der Waals surface area contributed by atoms with Gasteiger partial charge in [-0.2, -0.15) is 0 Å². The molecule has 3 rings (SSSR count). The standard InChI is InChI=1S/C22H21FO6S/c1-26-15-5-13(6-16(9-15)27-2)20-11-19(30(24)25)12-21(22(20)23)14-7-17(28-3)10-18(8-14)29-4/h5-12,30H,1-4H3. The number of rotatable bonds is 7. The summed E-state index contributed by atoms with van der Waals surface area (Å²) < 4.78 is 60.3. The number of methoxy groups -OCH3 is 4.